The van der Waals surface area contributed by atoms with Crippen molar-refractivity contribution < 1.29 is 9.53 Å². The summed E-state index contributed by atoms with van der Waals surface area (Å²) in [4.78, 5) is 16.3. The molecule has 1 amide bonds. The third-order valence-corrected chi connectivity index (χ3v) is 3.95. The number of fused-ring (bicyclic) bond motifs is 1. The van der Waals surface area contributed by atoms with Crippen molar-refractivity contribution in [1.29, 1.82) is 0 Å². The number of hydrogen-bond acceptors (Lipinski definition) is 4. The van der Waals surface area contributed by atoms with Gasteiger partial charge in [-0.3, -0.25) is 0 Å². The SMILES string of the molecule is Cc1cc(-c2cccc(CNC(=O)OC(C)(C)C)c2)c2nc(Br)nn2c1. The predicted octanol–water partition coefficient (Wildman–Crippen LogP) is 4.49. The van der Waals surface area contributed by atoms with Crippen LogP contribution in [0.3, 0.4) is 0 Å². The maximum Gasteiger partial charge on any atom is 0.407 e. The van der Waals surface area contributed by atoms with Crippen LogP contribution in [0, 0.1) is 6.92 Å². The van der Waals surface area contributed by atoms with E-state index in [9.17, 15) is 4.79 Å². The van der Waals surface area contributed by atoms with E-state index in [-0.39, 0.29) is 0 Å². The number of hydrogen-bond donors (Lipinski definition) is 1. The predicted molar refractivity (Wildman–Crippen MR) is 104 cm³/mol. The van der Waals surface area contributed by atoms with Crippen molar-refractivity contribution in [3.8, 4) is 11.1 Å². The van der Waals surface area contributed by atoms with Crippen molar-refractivity contribution >= 4 is 27.7 Å². The Morgan fingerprint density at radius 1 is 1.31 bits per heavy atom. The number of carbonyl (C=O) groups is 1. The Morgan fingerprint density at radius 3 is 2.81 bits per heavy atom. The fourth-order valence-electron chi connectivity index (χ4n) is 2.64. The van der Waals surface area contributed by atoms with E-state index < -0.39 is 11.7 Å². The van der Waals surface area contributed by atoms with Gasteiger partial charge in [-0.15, -0.1) is 5.10 Å². The zero-order chi connectivity index (χ0) is 18.9. The van der Waals surface area contributed by atoms with Crippen LogP contribution in [0.4, 0.5) is 4.79 Å². The highest BCUT2D eigenvalue weighted by atomic mass is 79.9. The first kappa shape index (κ1) is 18.4. The van der Waals surface area contributed by atoms with Gasteiger partial charge in [-0.1, -0.05) is 18.2 Å². The van der Waals surface area contributed by atoms with Crippen LogP contribution in [0.2, 0.25) is 0 Å². The van der Waals surface area contributed by atoms with E-state index in [4.69, 9.17) is 4.74 Å². The normalized spacial score (nSPS) is 11.6. The van der Waals surface area contributed by atoms with Crippen molar-refractivity contribution in [3.63, 3.8) is 0 Å². The van der Waals surface area contributed by atoms with Gasteiger partial charge in [0.15, 0.2) is 5.65 Å². The molecule has 0 aliphatic carbocycles. The van der Waals surface area contributed by atoms with Gasteiger partial charge in [-0.2, -0.15) is 0 Å². The number of carbonyl (C=O) groups excluding carboxylic acids is 1. The first-order valence-corrected chi connectivity index (χ1v) is 9.09. The third kappa shape index (κ3) is 4.40. The number of halogens is 1. The fraction of sp³-hybridized carbons (Fsp3) is 0.316. The Hall–Kier alpha value is -2.41. The molecular formula is C19H21BrN4O2. The second-order valence-electron chi connectivity index (χ2n) is 7.14. The molecule has 0 bridgehead atoms. The van der Waals surface area contributed by atoms with Gasteiger partial charge in [-0.05, 0) is 72.4 Å². The van der Waals surface area contributed by atoms with E-state index in [2.05, 4.69) is 37.4 Å². The molecule has 26 heavy (non-hydrogen) atoms. The topological polar surface area (TPSA) is 68.5 Å². The molecule has 0 radical (unpaired) electrons. The van der Waals surface area contributed by atoms with Crippen molar-refractivity contribution in [2.24, 2.45) is 0 Å². The van der Waals surface area contributed by atoms with Crippen LogP contribution < -0.4 is 5.32 Å². The number of rotatable bonds is 3. The highest BCUT2D eigenvalue weighted by Crippen LogP contribution is 2.26. The van der Waals surface area contributed by atoms with Gasteiger partial charge in [0.05, 0.1) is 0 Å². The number of benzene rings is 1. The summed E-state index contributed by atoms with van der Waals surface area (Å²) in [6.07, 6.45) is 1.51. The van der Waals surface area contributed by atoms with Crippen molar-refractivity contribution in [2.45, 2.75) is 39.8 Å². The van der Waals surface area contributed by atoms with E-state index in [1.165, 1.54) is 0 Å². The molecule has 1 aromatic carbocycles. The summed E-state index contributed by atoms with van der Waals surface area (Å²) in [5.74, 6) is 0. The lowest BCUT2D eigenvalue weighted by Crippen LogP contribution is -2.32. The van der Waals surface area contributed by atoms with E-state index in [0.29, 0.717) is 11.3 Å². The molecule has 3 aromatic rings. The largest absolute Gasteiger partial charge is 0.444 e. The van der Waals surface area contributed by atoms with Gasteiger partial charge >= 0.3 is 6.09 Å². The molecule has 2 heterocycles. The molecule has 6 nitrogen and oxygen atoms in total. The number of alkyl carbamates (subject to hydrolysis) is 1. The van der Waals surface area contributed by atoms with Crippen molar-refractivity contribution in [1.82, 2.24) is 19.9 Å². The Bertz CT molecular complexity index is 960. The highest BCUT2D eigenvalue weighted by molar-refractivity contribution is 9.10. The molecule has 0 atom stereocenters. The number of pyridine rings is 1. The number of aromatic nitrogens is 3. The molecular weight excluding hydrogens is 396 g/mol. The van der Waals surface area contributed by atoms with Crippen LogP contribution in [-0.2, 0) is 11.3 Å². The Labute approximate surface area is 160 Å². The molecule has 0 spiro atoms. The van der Waals surface area contributed by atoms with E-state index in [1.807, 2.05) is 58.2 Å². The summed E-state index contributed by atoms with van der Waals surface area (Å²) >= 11 is 3.33. The smallest absolute Gasteiger partial charge is 0.407 e. The molecule has 0 aliphatic heterocycles. The molecule has 0 saturated carbocycles. The average molecular weight is 417 g/mol. The zero-order valence-corrected chi connectivity index (χ0v) is 16.8. The maximum atomic E-state index is 11.8. The minimum absolute atomic E-state index is 0.390. The molecule has 136 valence electrons. The summed E-state index contributed by atoms with van der Waals surface area (Å²) in [5, 5.41) is 7.11. The number of nitrogens with zero attached hydrogens (tertiary/aromatic N) is 3. The van der Waals surface area contributed by atoms with E-state index in [1.54, 1.807) is 4.52 Å². The summed E-state index contributed by atoms with van der Waals surface area (Å²) in [6.45, 7) is 7.93. The lowest BCUT2D eigenvalue weighted by Gasteiger charge is -2.19. The fourth-order valence-corrected chi connectivity index (χ4v) is 2.98. The first-order valence-electron chi connectivity index (χ1n) is 8.30. The maximum absolute atomic E-state index is 11.8. The van der Waals surface area contributed by atoms with Gasteiger partial charge in [0.25, 0.3) is 0 Å². The van der Waals surface area contributed by atoms with Crippen molar-refractivity contribution in [3.05, 3.63) is 52.4 Å². The van der Waals surface area contributed by atoms with Crippen LogP contribution in [0.1, 0.15) is 31.9 Å². The lowest BCUT2D eigenvalue weighted by atomic mass is 10.0. The Kier molecular flexibility index (Phi) is 5.00. The standard InChI is InChI=1S/C19H21BrN4O2/c1-12-8-15(16-22-17(20)23-24(16)11-12)14-7-5-6-13(9-14)10-21-18(25)26-19(2,3)4/h5-9,11H,10H2,1-4H3,(H,21,25). The molecule has 1 N–H and O–H groups in total. The first-order chi connectivity index (χ1) is 12.2. The quantitative estimate of drug-likeness (QED) is 0.682. The van der Waals surface area contributed by atoms with Crippen LogP contribution in [0.25, 0.3) is 16.8 Å². The Balaban J connectivity index is 1.85. The van der Waals surface area contributed by atoms with Crippen LogP contribution >= 0.6 is 15.9 Å². The number of aryl methyl sites for hydroxylation is 1. The van der Waals surface area contributed by atoms with Gasteiger partial charge in [0.1, 0.15) is 5.60 Å². The number of amides is 1. The molecule has 0 unspecified atom stereocenters. The minimum Gasteiger partial charge on any atom is -0.444 e. The lowest BCUT2D eigenvalue weighted by molar-refractivity contribution is 0.0523. The molecule has 3 rings (SSSR count). The van der Waals surface area contributed by atoms with Crippen LogP contribution in [-0.4, -0.2) is 26.3 Å². The van der Waals surface area contributed by atoms with Crippen LogP contribution in [0.15, 0.2) is 41.3 Å². The highest BCUT2D eigenvalue weighted by Gasteiger charge is 2.16. The zero-order valence-electron chi connectivity index (χ0n) is 15.2. The van der Waals surface area contributed by atoms with Gasteiger partial charge in [0.2, 0.25) is 4.73 Å². The summed E-state index contributed by atoms with van der Waals surface area (Å²) < 4.78 is 7.59. The second kappa shape index (κ2) is 7.07. The summed E-state index contributed by atoms with van der Waals surface area (Å²) in [6, 6.07) is 10.1. The summed E-state index contributed by atoms with van der Waals surface area (Å²) in [7, 11) is 0. The summed E-state index contributed by atoms with van der Waals surface area (Å²) in [5.41, 5.74) is 4.33. The number of nitrogens with one attached hydrogen (secondary N) is 1. The monoisotopic (exact) mass is 416 g/mol. The van der Waals surface area contributed by atoms with Crippen LogP contribution in [0.5, 0.6) is 0 Å². The number of ether oxygens (including phenoxy) is 1. The average Bonchev–Trinajstić information content (AvgIpc) is 2.90. The third-order valence-electron chi connectivity index (χ3n) is 3.62. The van der Waals surface area contributed by atoms with Crippen molar-refractivity contribution in [2.75, 3.05) is 0 Å². The van der Waals surface area contributed by atoms with E-state index >= 15 is 0 Å². The molecule has 7 heteroatoms. The van der Waals surface area contributed by atoms with Gasteiger partial charge < -0.3 is 10.1 Å². The minimum atomic E-state index is -0.514. The molecule has 2 aromatic heterocycles. The van der Waals surface area contributed by atoms with Gasteiger partial charge in [-0.25, -0.2) is 14.3 Å². The van der Waals surface area contributed by atoms with Gasteiger partial charge in [0, 0.05) is 18.3 Å². The second-order valence-corrected chi connectivity index (χ2v) is 7.85. The molecule has 0 aliphatic rings. The Morgan fingerprint density at radius 2 is 2.08 bits per heavy atom. The molecule has 0 saturated heterocycles. The molecule has 0 fully saturated rings. The van der Waals surface area contributed by atoms with E-state index in [0.717, 1.165) is 27.9 Å².